The molecule has 1 aliphatic rings. The summed E-state index contributed by atoms with van der Waals surface area (Å²) < 4.78 is 0. The van der Waals surface area contributed by atoms with Crippen LogP contribution >= 0.6 is 0 Å². The standard InChI is InChI=1S/C21H21NO3/c23-20(18-13-7-8-14-19(18)21(24)25)22(17-11-5-2-6-12-17)15-16-9-3-1-4-10-16/h1-12,18-19H,13-15H2,(H,24,25)/t18-,19-/m1/s1. The van der Waals surface area contributed by atoms with E-state index in [1.807, 2.05) is 72.8 Å². The third-order valence-corrected chi connectivity index (χ3v) is 4.58. The molecule has 128 valence electrons. The van der Waals surface area contributed by atoms with Crippen LogP contribution in [0, 0.1) is 11.8 Å². The normalized spacial score (nSPS) is 19.4. The number of carbonyl (C=O) groups is 2. The summed E-state index contributed by atoms with van der Waals surface area (Å²) in [4.78, 5) is 26.5. The van der Waals surface area contributed by atoms with E-state index in [9.17, 15) is 14.7 Å². The Morgan fingerprint density at radius 2 is 1.44 bits per heavy atom. The van der Waals surface area contributed by atoms with Crippen LogP contribution < -0.4 is 4.90 Å². The van der Waals surface area contributed by atoms with E-state index in [-0.39, 0.29) is 5.91 Å². The van der Waals surface area contributed by atoms with Crippen LogP contribution in [-0.2, 0) is 16.1 Å². The topological polar surface area (TPSA) is 57.6 Å². The average Bonchev–Trinajstić information content (AvgIpc) is 2.67. The maximum atomic E-state index is 13.2. The molecule has 0 spiro atoms. The van der Waals surface area contributed by atoms with Gasteiger partial charge < -0.3 is 10.0 Å². The minimum Gasteiger partial charge on any atom is -0.481 e. The summed E-state index contributed by atoms with van der Waals surface area (Å²) in [6, 6.07) is 19.2. The summed E-state index contributed by atoms with van der Waals surface area (Å²) in [5, 5.41) is 9.50. The monoisotopic (exact) mass is 335 g/mol. The van der Waals surface area contributed by atoms with Crippen molar-refractivity contribution in [2.75, 3.05) is 4.90 Å². The lowest BCUT2D eigenvalue weighted by Crippen LogP contribution is -2.41. The molecular formula is C21H21NO3. The van der Waals surface area contributed by atoms with E-state index in [1.54, 1.807) is 4.90 Å². The van der Waals surface area contributed by atoms with Crippen molar-refractivity contribution in [1.82, 2.24) is 0 Å². The molecule has 1 aliphatic carbocycles. The highest BCUT2D eigenvalue weighted by Gasteiger charge is 2.36. The summed E-state index contributed by atoms with van der Waals surface area (Å²) in [6.45, 7) is 0.427. The Morgan fingerprint density at radius 1 is 0.880 bits per heavy atom. The SMILES string of the molecule is O=C(O)[C@@H]1CC=CC[C@H]1C(=O)N(Cc1ccccc1)c1ccccc1. The highest BCUT2D eigenvalue weighted by molar-refractivity contribution is 5.97. The molecule has 0 fully saturated rings. The van der Waals surface area contributed by atoms with Crippen molar-refractivity contribution in [1.29, 1.82) is 0 Å². The van der Waals surface area contributed by atoms with Gasteiger partial charge in [-0.3, -0.25) is 9.59 Å². The van der Waals surface area contributed by atoms with Crippen molar-refractivity contribution in [2.45, 2.75) is 19.4 Å². The first-order valence-electron chi connectivity index (χ1n) is 8.45. The number of carboxylic acid groups (broad SMARTS) is 1. The molecule has 25 heavy (non-hydrogen) atoms. The lowest BCUT2D eigenvalue weighted by Gasteiger charge is -2.31. The number of para-hydroxylation sites is 1. The van der Waals surface area contributed by atoms with Crippen LogP contribution in [0.2, 0.25) is 0 Å². The molecular weight excluding hydrogens is 314 g/mol. The van der Waals surface area contributed by atoms with Gasteiger partial charge in [0, 0.05) is 5.69 Å². The largest absolute Gasteiger partial charge is 0.481 e. The molecule has 1 amide bonds. The minimum atomic E-state index is -0.907. The van der Waals surface area contributed by atoms with Crippen molar-refractivity contribution in [2.24, 2.45) is 11.8 Å². The quantitative estimate of drug-likeness (QED) is 0.844. The Hall–Kier alpha value is -2.88. The van der Waals surface area contributed by atoms with Gasteiger partial charge in [-0.25, -0.2) is 0 Å². The maximum absolute atomic E-state index is 13.2. The second-order valence-electron chi connectivity index (χ2n) is 6.24. The average molecular weight is 335 g/mol. The van der Waals surface area contributed by atoms with Crippen molar-refractivity contribution in [3.8, 4) is 0 Å². The van der Waals surface area contributed by atoms with E-state index in [0.29, 0.717) is 19.4 Å². The highest BCUT2D eigenvalue weighted by atomic mass is 16.4. The van der Waals surface area contributed by atoms with E-state index < -0.39 is 17.8 Å². The molecule has 0 saturated heterocycles. The van der Waals surface area contributed by atoms with Crippen molar-refractivity contribution < 1.29 is 14.7 Å². The number of hydrogen-bond acceptors (Lipinski definition) is 2. The van der Waals surface area contributed by atoms with Crippen molar-refractivity contribution in [3.63, 3.8) is 0 Å². The molecule has 0 aliphatic heterocycles. The molecule has 2 aromatic rings. The van der Waals surface area contributed by atoms with Crippen LogP contribution in [0.1, 0.15) is 18.4 Å². The molecule has 4 heteroatoms. The van der Waals surface area contributed by atoms with Crippen LogP contribution in [0.3, 0.4) is 0 Å². The van der Waals surface area contributed by atoms with Crippen molar-refractivity contribution >= 4 is 17.6 Å². The van der Waals surface area contributed by atoms with Gasteiger partial charge in [0.15, 0.2) is 0 Å². The minimum absolute atomic E-state index is 0.133. The summed E-state index contributed by atoms with van der Waals surface area (Å²) in [5.74, 6) is -2.24. The summed E-state index contributed by atoms with van der Waals surface area (Å²) >= 11 is 0. The predicted octanol–water partition coefficient (Wildman–Crippen LogP) is 3.89. The second kappa shape index (κ2) is 7.79. The molecule has 0 unspecified atom stereocenters. The molecule has 0 bridgehead atoms. The van der Waals surface area contributed by atoms with Gasteiger partial charge >= 0.3 is 5.97 Å². The smallest absolute Gasteiger partial charge is 0.307 e. The third kappa shape index (κ3) is 3.97. The number of allylic oxidation sites excluding steroid dienone is 2. The van der Waals surface area contributed by atoms with Gasteiger partial charge in [0.2, 0.25) is 5.91 Å². The first kappa shape index (κ1) is 17.0. The first-order chi connectivity index (χ1) is 12.2. The number of hydrogen-bond donors (Lipinski definition) is 1. The third-order valence-electron chi connectivity index (χ3n) is 4.58. The Morgan fingerprint density at radius 3 is 2.04 bits per heavy atom. The van der Waals surface area contributed by atoms with Crippen LogP contribution in [0.25, 0.3) is 0 Å². The summed E-state index contributed by atoms with van der Waals surface area (Å²) in [7, 11) is 0. The van der Waals surface area contributed by atoms with Gasteiger partial charge in [-0.1, -0.05) is 60.7 Å². The molecule has 2 atom stereocenters. The molecule has 4 nitrogen and oxygen atoms in total. The zero-order chi connectivity index (χ0) is 17.6. The van der Waals surface area contributed by atoms with E-state index in [1.165, 1.54) is 0 Å². The number of aliphatic carboxylic acids is 1. The molecule has 0 saturated carbocycles. The van der Waals surface area contributed by atoms with Crippen LogP contribution in [-0.4, -0.2) is 17.0 Å². The van der Waals surface area contributed by atoms with Gasteiger partial charge in [-0.15, -0.1) is 0 Å². The van der Waals surface area contributed by atoms with Gasteiger partial charge in [0.1, 0.15) is 0 Å². The maximum Gasteiger partial charge on any atom is 0.307 e. The molecule has 2 aromatic carbocycles. The van der Waals surface area contributed by atoms with E-state index >= 15 is 0 Å². The predicted molar refractivity (Wildman–Crippen MR) is 97.1 cm³/mol. The molecule has 3 rings (SSSR count). The molecule has 0 aromatic heterocycles. The summed E-state index contributed by atoms with van der Waals surface area (Å²) in [6.07, 6.45) is 4.63. The van der Waals surface area contributed by atoms with Crippen LogP contribution in [0.4, 0.5) is 5.69 Å². The lowest BCUT2D eigenvalue weighted by molar-refractivity contribution is -0.146. The fourth-order valence-electron chi connectivity index (χ4n) is 3.23. The zero-order valence-electron chi connectivity index (χ0n) is 13.9. The van der Waals surface area contributed by atoms with E-state index in [0.717, 1.165) is 11.3 Å². The first-order valence-corrected chi connectivity index (χ1v) is 8.45. The highest BCUT2D eigenvalue weighted by Crippen LogP contribution is 2.30. The van der Waals surface area contributed by atoms with E-state index in [2.05, 4.69) is 0 Å². The molecule has 0 heterocycles. The number of carboxylic acids is 1. The molecule has 1 N–H and O–H groups in total. The number of benzene rings is 2. The zero-order valence-corrected chi connectivity index (χ0v) is 13.9. The number of rotatable bonds is 5. The van der Waals surface area contributed by atoms with Gasteiger partial charge in [0.05, 0.1) is 18.4 Å². The van der Waals surface area contributed by atoms with Crippen molar-refractivity contribution in [3.05, 3.63) is 78.4 Å². The van der Waals surface area contributed by atoms with Gasteiger partial charge in [-0.05, 0) is 30.5 Å². The van der Waals surface area contributed by atoms with Crippen LogP contribution in [0.5, 0.6) is 0 Å². The lowest BCUT2D eigenvalue weighted by atomic mass is 9.82. The number of carbonyl (C=O) groups excluding carboxylic acids is 1. The van der Waals surface area contributed by atoms with Crippen LogP contribution in [0.15, 0.2) is 72.8 Å². The Kier molecular flexibility index (Phi) is 5.29. The fraction of sp³-hybridized carbons (Fsp3) is 0.238. The number of nitrogens with zero attached hydrogens (tertiary/aromatic N) is 1. The van der Waals surface area contributed by atoms with Gasteiger partial charge in [-0.2, -0.15) is 0 Å². The Balaban J connectivity index is 1.92. The number of anilines is 1. The molecule has 0 radical (unpaired) electrons. The number of amides is 1. The Labute approximate surface area is 147 Å². The van der Waals surface area contributed by atoms with Gasteiger partial charge in [0.25, 0.3) is 0 Å². The Bertz CT molecular complexity index is 755. The second-order valence-corrected chi connectivity index (χ2v) is 6.24. The van der Waals surface area contributed by atoms with E-state index in [4.69, 9.17) is 0 Å². The fourth-order valence-corrected chi connectivity index (χ4v) is 3.23. The summed E-state index contributed by atoms with van der Waals surface area (Å²) in [5.41, 5.74) is 1.80.